The molecule has 24 heavy (non-hydrogen) atoms. The first-order valence-corrected chi connectivity index (χ1v) is 10.1. The molecule has 130 valence electrons. The van der Waals surface area contributed by atoms with E-state index < -0.39 is 13.3 Å². The van der Waals surface area contributed by atoms with E-state index in [9.17, 15) is 14.4 Å². The second-order valence-electron chi connectivity index (χ2n) is 6.09. The average molecular weight is 347 g/mol. The fourth-order valence-electron chi connectivity index (χ4n) is 3.16. The second kappa shape index (κ2) is 9.14. The zero-order valence-electron chi connectivity index (χ0n) is 13.8. The van der Waals surface area contributed by atoms with E-state index in [0.29, 0.717) is 13.0 Å². The molecule has 0 bridgehead atoms. The van der Waals surface area contributed by atoms with Gasteiger partial charge in [-0.2, -0.15) is 0 Å². The van der Waals surface area contributed by atoms with Gasteiger partial charge in [-0.05, 0) is 30.5 Å². The Bertz CT molecular complexity index is 603. The normalized spacial score (nSPS) is 13.2. The Morgan fingerprint density at radius 3 is 1.75 bits per heavy atom. The van der Waals surface area contributed by atoms with Crippen LogP contribution >= 0.6 is 7.60 Å². The smallest absolute Gasteiger partial charge is 0.329 e. The SMILES string of the molecule is NCCCCC[C@H](C(c1ccccc1)c1ccccc1)P(=O)(O)O. The highest BCUT2D eigenvalue weighted by Crippen LogP contribution is 2.52. The molecule has 4 nitrogen and oxygen atoms in total. The van der Waals surface area contributed by atoms with Crippen LogP contribution in [0.2, 0.25) is 0 Å². The van der Waals surface area contributed by atoms with Crippen LogP contribution in [0.3, 0.4) is 0 Å². The van der Waals surface area contributed by atoms with Crippen molar-refractivity contribution in [3.8, 4) is 0 Å². The Morgan fingerprint density at radius 2 is 1.33 bits per heavy atom. The third-order valence-electron chi connectivity index (χ3n) is 4.34. The lowest BCUT2D eigenvalue weighted by molar-refractivity contribution is 0.346. The van der Waals surface area contributed by atoms with Crippen LogP contribution in [0.4, 0.5) is 0 Å². The largest absolute Gasteiger partial charge is 0.330 e. The summed E-state index contributed by atoms with van der Waals surface area (Å²) >= 11 is 0. The maximum Gasteiger partial charge on any atom is 0.329 e. The Balaban J connectivity index is 2.36. The highest BCUT2D eigenvalue weighted by atomic mass is 31.2. The molecule has 2 aromatic carbocycles. The first-order valence-electron chi connectivity index (χ1n) is 8.39. The van der Waals surface area contributed by atoms with Gasteiger partial charge in [0.2, 0.25) is 0 Å². The van der Waals surface area contributed by atoms with E-state index in [2.05, 4.69) is 0 Å². The van der Waals surface area contributed by atoms with E-state index in [0.717, 1.165) is 30.4 Å². The Morgan fingerprint density at radius 1 is 0.833 bits per heavy atom. The molecule has 0 spiro atoms. The van der Waals surface area contributed by atoms with Crippen molar-refractivity contribution in [2.24, 2.45) is 5.73 Å². The van der Waals surface area contributed by atoms with Gasteiger partial charge in [-0.25, -0.2) is 0 Å². The Labute approximate surface area is 143 Å². The van der Waals surface area contributed by atoms with Gasteiger partial charge in [-0.15, -0.1) is 0 Å². The predicted octanol–water partition coefficient (Wildman–Crippen LogP) is 3.88. The molecule has 0 unspecified atom stereocenters. The molecular weight excluding hydrogens is 321 g/mol. The fourth-order valence-corrected chi connectivity index (χ4v) is 4.41. The van der Waals surface area contributed by atoms with Crippen molar-refractivity contribution in [3.05, 3.63) is 71.8 Å². The van der Waals surface area contributed by atoms with Gasteiger partial charge in [-0.1, -0.05) is 73.5 Å². The van der Waals surface area contributed by atoms with Crippen LogP contribution in [-0.4, -0.2) is 22.0 Å². The van der Waals surface area contributed by atoms with Gasteiger partial charge in [-0.3, -0.25) is 4.57 Å². The third kappa shape index (κ3) is 5.29. The number of benzene rings is 2. The minimum Gasteiger partial charge on any atom is -0.330 e. The number of nitrogens with two attached hydrogens (primary N) is 1. The Hall–Kier alpha value is -1.45. The summed E-state index contributed by atoms with van der Waals surface area (Å²) in [6, 6.07) is 19.3. The molecule has 0 aliphatic heterocycles. The van der Waals surface area contributed by atoms with E-state index >= 15 is 0 Å². The van der Waals surface area contributed by atoms with Crippen molar-refractivity contribution in [2.75, 3.05) is 6.54 Å². The van der Waals surface area contributed by atoms with Gasteiger partial charge in [0.05, 0.1) is 5.66 Å². The van der Waals surface area contributed by atoms with Crippen LogP contribution in [0, 0.1) is 0 Å². The summed E-state index contributed by atoms with van der Waals surface area (Å²) in [4.78, 5) is 20.0. The third-order valence-corrected chi connectivity index (χ3v) is 5.76. The first-order chi connectivity index (χ1) is 11.5. The van der Waals surface area contributed by atoms with Gasteiger partial charge < -0.3 is 15.5 Å². The summed E-state index contributed by atoms with van der Waals surface area (Å²) in [5, 5.41) is 0. The van der Waals surface area contributed by atoms with E-state index in [1.807, 2.05) is 60.7 Å². The van der Waals surface area contributed by atoms with Crippen molar-refractivity contribution in [3.63, 3.8) is 0 Å². The van der Waals surface area contributed by atoms with Crippen molar-refractivity contribution in [1.29, 1.82) is 0 Å². The van der Waals surface area contributed by atoms with Gasteiger partial charge in [0, 0.05) is 5.92 Å². The second-order valence-corrected chi connectivity index (χ2v) is 7.93. The fraction of sp³-hybridized carbons (Fsp3) is 0.368. The summed E-state index contributed by atoms with van der Waals surface area (Å²) in [6.07, 6.45) is 3.03. The lowest BCUT2D eigenvalue weighted by atomic mass is 9.86. The van der Waals surface area contributed by atoms with Crippen LogP contribution in [0.5, 0.6) is 0 Å². The topological polar surface area (TPSA) is 83.6 Å². The van der Waals surface area contributed by atoms with E-state index in [1.54, 1.807) is 0 Å². The van der Waals surface area contributed by atoms with Gasteiger partial charge in [0.25, 0.3) is 0 Å². The molecule has 5 heteroatoms. The molecule has 0 saturated heterocycles. The molecule has 0 aliphatic carbocycles. The monoisotopic (exact) mass is 347 g/mol. The molecule has 4 N–H and O–H groups in total. The number of hydrogen-bond donors (Lipinski definition) is 3. The minimum absolute atomic E-state index is 0.314. The van der Waals surface area contributed by atoms with Crippen LogP contribution in [-0.2, 0) is 4.57 Å². The van der Waals surface area contributed by atoms with Crippen molar-refractivity contribution in [2.45, 2.75) is 37.3 Å². The number of hydrogen-bond acceptors (Lipinski definition) is 2. The van der Waals surface area contributed by atoms with E-state index in [-0.39, 0.29) is 5.92 Å². The lowest BCUT2D eigenvalue weighted by Crippen LogP contribution is -2.21. The maximum absolute atomic E-state index is 12.3. The molecule has 0 heterocycles. The van der Waals surface area contributed by atoms with Crippen LogP contribution in [0.25, 0.3) is 0 Å². The zero-order valence-corrected chi connectivity index (χ0v) is 14.7. The zero-order chi connectivity index (χ0) is 17.4. The first kappa shape index (κ1) is 18.9. The number of rotatable bonds is 9. The molecule has 0 saturated carbocycles. The molecule has 2 rings (SSSR count). The highest BCUT2D eigenvalue weighted by molar-refractivity contribution is 7.52. The quantitative estimate of drug-likeness (QED) is 0.475. The summed E-state index contributed by atoms with van der Waals surface area (Å²) in [5.74, 6) is -0.314. The summed E-state index contributed by atoms with van der Waals surface area (Å²) in [6.45, 7) is 0.612. The minimum atomic E-state index is -4.24. The highest BCUT2D eigenvalue weighted by Gasteiger charge is 2.37. The standard InChI is InChI=1S/C19H26NO3P/c20-15-9-3-8-14-18(24(21,22)23)19(16-10-4-1-5-11-16)17-12-6-2-7-13-17/h1-2,4-7,10-13,18-19H,3,8-9,14-15,20H2,(H2,21,22,23)/t18-/m1/s1. The number of unbranched alkanes of at least 4 members (excludes halogenated alkanes) is 2. The van der Waals surface area contributed by atoms with Crippen LogP contribution < -0.4 is 5.73 Å². The Kier molecular flexibility index (Phi) is 7.19. The average Bonchev–Trinajstić information content (AvgIpc) is 2.58. The molecule has 0 fully saturated rings. The summed E-state index contributed by atoms with van der Waals surface area (Å²) in [7, 11) is -4.24. The molecule has 0 amide bonds. The lowest BCUT2D eigenvalue weighted by Gasteiger charge is -2.29. The van der Waals surface area contributed by atoms with Crippen LogP contribution in [0.1, 0.15) is 42.7 Å². The molecule has 0 aliphatic rings. The van der Waals surface area contributed by atoms with Crippen molar-refractivity contribution < 1.29 is 14.4 Å². The summed E-state index contributed by atoms with van der Waals surface area (Å²) in [5.41, 5.74) is 6.68. The van der Waals surface area contributed by atoms with E-state index in [4.69, 9.17) is 5.73 Å². The van der Waals surface area contributed by atoms with Crippen molar-refractivity contribution >= 4 is 7.60 Å². The molecule has 0 radical (unpaired) electrons. The van der Waals surface area contributed by atoms with Crippen LogP contribution in [0.15, 0.2) is 60.7 Å². The maximum atomic E-state index is 12.3. The van der Waals surface area contributed by atoms with Gasteiger partial charge in [0.1, 0.15) is 0 Å². The van der Waals surface area contributed by atoms with Gasteiger partial charge >= 0.3 is 7.60 Å². The van der Waals surface area contributed by atoms with E-state index in [1.165, 1.54) is 0 Å². The predicted molar refractivity (Wildman–Crippen MR) is 98.1 cm³/mol. The summed E-state index contributed by atoms with van der Waals surface area (Å²) < 4.78 is 12.3. The molecule has 2 aromatic rings. The molecule has 0 aromatic heterocycles. The molecular formula is C19H26NO3P. The molecule has 1 atom stereocenters. The van der Waals surface area contributed by atoms with Crippen molar-refractivity contribution in [1.82, 2.24) is 0 Å². The van der Waals surface area contributed by atoms with Gasteiger partial charge in [0.15, 0.2) is 0 Å².